The molecule has 0 atom stereocenters. The summed E-state index contributed by atoms with van der Waals surface area (Å²) in [5.74, 6) is 0.414. The third-order valence-electron chi connectivity index (χ3n) is 5.01. The Morgan fingerprint density at radius 3 is 2.54 bits per heavy atom. The van der Waals surface area contributed by atoms with Crippen LogP contribution in [0.1, 0.15) is 16.7 Å². The molecule has 0 spiro atoms. The molecule has 1 N–H and O–H groups in total. The van der Waals surface area contributed by atoms with E-state index in [2.05, 4.69) is 11.4 Å². The van der Waals surface area contributed by atoms with Crippen LogP contribution in [0.25, 0.3) is 11.1 Å². The van der Waals surface area contributed by atoms with E-state index in [0.29, 0.717) is 21.9 Å². The highest BCUT2D eigenvalue weighted by Gasteiger charge is 2.16. The van der Waals surface area contributed by atoms with Gasteiger partial charge in [0.1, 0.15) is 5.82 Å². The first-order valence-corrected chi connectivity index (χ1v) is 11.0. The number of thioether (sulfide) groups is 1. The maximum Gasteiger partial charge on any atom is 0.131 e. The van der Waals surface area contributed by atoms with Crippen molar-refractivity contribution < 1.29 is 4.39 Å². The van der Waals surface area contributed by atoms with Crippen LogP contribution < -0.4 is 5.32 Å². The SMILES string of the molecule is Fc1cc(CSc2c(Cl)ccc3c2CCNCC3)ccc1-c1ccccc1Cl. The van der Waals surface area contributed by atoms with Crippen molar-refractivity contribution in [2.45, 2.75) is 23.5 Å². The number of benzene rings is 3. The van der Waals surface area contributed by atoms with Crippen LogP contribution in [0, 0.1) is 5.82 Å². The Morgan fingerprint density at radius 1 is 0.893 bits per heavy atom. The lowest BCUT2D eigenvalue weighted by Crippen LogP contribution is -2.16. The molecular weight excluding hydrogens is 412 g/mol. The number of rotatable bonds is 4. The average Bonchev–Trinajstić information content (AvgIpc) is 2.94. The highest BCUT2D eigenvalue weighted by Crippen LogP contribution is 2.37. The zero-order valence-corrected chi connectivity index (χ0v) is 17.6. The quantitative estimate of drug-likeness (QED) is 0.456. The molecule has 4 rings (SSSR count). The first-order chi connectivity index (χ1) is 13.6. The Kier molecular flexibility index (Phi) is 6.27. The van der Waals surface area contributed by atoms with E-state index in [1.54, 1.807) is 23.9 Å². The van der Waals surface area contributed by atoms with E-state index >= 15 is 0 Å². The van der Waals surface area contributed by atoms with Crippen LogP contribution in [0.4, 0.5) is 4.39 Å². The van der Waals surface area contributed by atoms with Crippen LogP contribution in [0.15, 0.2) is 59.5 Å². The molecule has 1 heterocycles. The second-order valence-electron chi connectivity index (χ2n) is 6.85. The van der Waals surface area contributed by atoms with Crippen molar-refractivity contribution in [3.8, 4) is 11.1 Å². The van der Waals surface area contributed by atoms with Gasteiger partial charge in [0, 0.05) is 26.8 Å². The third-order valence-corrected chi connectivity index (χ3v) is 7.00. The van der Waals surface area contributed by atoms with Crippen LogP contribution in [0.5, 0.6) is 0 Å². The molecule has 0 unspecified atom stereocenters. The van der Waals surface area contributed by atoms with Crippen LogP contribution in [-0.4, -0.2) is 13.1 Å². The largest absolute Gasteiger partial charge is 0.316 e. The number of hydrogen-bond donors (Lipinski definition) is 1. The van der Waals surface area contributed by atoms with Crippen molar-refractivity contribution in [1.29, 1.82) is 0 Å². The Morgan fingerprint density at radius 2 is 1.71 bits per heavy atom. The minimum absolute atomic E-state index is 0.256. The van der Waals surface area contributed by atoms with Crippen LogP contribution in [0.2, 0.25) is 10.0 Å². The monoisotopic (exact) mass is 431 g/mol. The molecule has 28 heavy (non-hydrogen) atoms. The summed E-state index contributed by atoms with van der Waals surface area (Å²) in [5.41, 5.74) is 4.85. The second kappa shape index (κ2) is 8.87. The summed E-state index contributed by atoms with van der Waals surface area (Å²) < 4.78 is 14.7. The van der Waals surface area contributed by atoms with Gasteiger partial charge in [-0.15, -0.1) is 11.8 Å². The van der Waals surface area contributed by atoms with Crippen molar-refractivity contribution in [3.05, 3.63) is 87.2 Å². The fourth-order valence-electron chi connectivity index (χ4n) is 3.57. The van der Waals surface area contributed by atoms with Gasteiger partial charge >= 0.3 is 0 Å². The van der Waals surface area contributed by atoms with E-state index in [9.17, 15) is 4.39 Å². The summed E-state index contributed by atoms with van der Waals surface area (Å²) in [4.78, 5) is 1.12. The fourth-order valence-corrected chi connectivity index (χ4v) is 5.25. The molecule has 0 aromatic heterocycles. The van der Waals surface area contributed by atoms with Crippen molar-refractivity contribution in [1.82, 2.24) is 5.32 Å². The zero-order valence-electron chi connectivity index (χ0n) is 15.3. The van der Waals surface area contributed by atoms with Gasteiger partial charge in [-0.2, -0.15) is 0 Å². The first-order valence-electron chi connectivity index (χ1n) is 9.30. The van der Waals surface area contributed by atoms with E-state index in [1.165, 1.54) is 11.1 Å². The Labute approximate surface area is 179 Å². The molecule has 0 bridgehead atoms. The summed E-state index contributed by atoms with van der Waals surface area (Å²) in [6.07, 6.45) is 1.99. The van der Waals surface area contributed by atoms with Gasteiger partial charge in [-0.05, 0) is 60.8 Å². The Balaban J connectivity index is 1.57. The topological polar surface area (TPSA) is 12.0 Å². The Bertz CT molecular complexity index is 1010. The minimum Gasteiger partial charge on any atom is -0.316 e. The van der Waals surface area contributed by atoms with Crippen LogP contribution >= 0.6 is 35.0 Å². The molecule has 0 amide bonds. The highest BCUT2D eigenvalue weighted by atomic mass is 35.5. The molecule has 0 aliphatic carbocycles. The summed E-state index contributed by atoms with van der Waals surface area (Å²) in [5, 5.41) is 4.76. The zero-order chi connectivity index (χ0) is 19.5. The summed E-state index contributed by atoms with van der Waals surface area (Å²) in [6, 6.07) is 16.8. The number of nitrogens with one attached hydrogen (secondary N) is 1. The summed E-state index contributed by atoms with van der Waals surface area (Å²) in [7, 11) is 0. The molecule has 3 aromatic rings. The standard InChI is InChI=1S/C23H20Cl2FNS/c24-20-4-2-1-3-18(20)19-7-5-15(13-22(19)26)14-28-23-17-10-12-27-11-9-16(17)6-8-21(23)25/h1-8,13,27H,9-12,14H2. The van der Waals surface area contributed by atoms with Crippen molar-refractivity contribution in [2.75, 3.05) is 13.1 Å². The molecule has 5 heteroatoms. The molecule has 1 nitrogen and oxygen atoms in total. The van der Waals surface area contributed by atoms with Gasteiger partial charge in [0.15, 0.2) is 0 Å². The maximum atomic E-state index is 14.7. The van der Waals surface area contributed by atoms with Gasteiger partial charge in [-0.1, -0.05) is 59.6 Å². The van der Waals surface area contributed by atoms with Gasteiger partial charge in [0.25, 0.3) is 0 Å². The van der Waals surface area contributed by atoms with E-state index < -0.39 is 0 Å². The lowest BCUT2D eigenvalue weighted by Gasteiger charge is -2.14. The van der Waals surface area contributed by atoms with E-state index in [4.69, 9.17) is 23.2 Å². The first kappa shape index (κ1) is 19.8. The van der Waals surface area contributed by atoms with Crippen LogP contribution in [0.3, 0.4) is 0 Å². The Hall–Kier alpha value is -1.52. The molecule has 0 saturated heterocycles. The number of hydrogen-bond acceptors (Lipinski definition) is 2. The normalized spacial score (nSPS) is 13.8. The fraction of sp³-hybridized carbons (Fsp3) is 0.217. The lowest BCUT2D eigenvalue weighted by atomic mass is 10.0. The summed E-state index contributed by atoms with van der Waals surface area (Å²) in [6.45, 7) is 1.95. The van der Waals surface area contributed by atoms with Crippen molar-refractivity contribution >= 4 is 35.0 Å². The highest BCUT2D eigenvalue weighted by molar-refractivity contribution is 7.98. The molecule has 3 aromatic carbocycles. The van der Waals surface area contributed by atoms with Crippen LogP contribution in [-0.2, 0) is 18.6 Å². The minimum atomic E-state index is -0.256. The predicted molar refractivity (Wildman–Crippen MR) is 118 cm³/mol. The van der Waals surface area contributed by atoms with Gasteiger partial charge in [-0.25, -0.2) is 4.39 Å². The molecule has 0 radical (unpaired) electrons. The van der Waals surface area contributed by atoms with Gasteiger partial charge in [-0.3, -0.25) is 0 Å². The van der Waals surface area contributed by atoms with E-state index in [-0.39, 0.29) is 5.82 Å². The number of fused-ring (bicyclic) bond motifs is 1. The average molecular weight is 432 g/mol. The number of halogens is 3. The summed E-state index contributed by atoms with van der Waals surface area (Å²) >= 11 is 14.4. The maximum absolute atomic E-state index is 14.7. The third kappa shape index (κ3) is 4.23. The lowest BCUT2D eigenvalue weighted by molar-refractivity contribution is 0.630. The smallest absolute Gasteiger partial charge is 0.131 e. The van der Waals surface area contributed by atoms with E-state index in [0.717, 1.165) is 41.4 Å². The molecule has 0 saturated carbocycles. The molecular formula is C23H20Cl2FNS. The van der Waals surface area contributed by atoms with Gasteiger partial charge < -0.3 is 5.32 Å². The molecule has 1 aliphatic rings. The molecule has 0 fully saturated rings. The van der Waals surface area contributed by atoms with Gasteiger partial charge in [0.2, 0.25) is 0 Å². The van der Waals surface area contributed by atoms with E-state index in [1.807, 2.05) is 36.4 Å². The van der Waals surface area contributed by atoms with Gasteiger partial charge in [0.05, 0.1) is 5.02 Å². The van der Waals surface area contributed by atoms with Crippen molar-refractivity contribution in [3.63, 3.8) is 0 Å². The molecule has 144 valence electrons. The predicted octanol–water partition coefficient (Wildman–Crippen LogP) is 6.78. The second-order valence-corrected chi connectivity index (χ2v) is 8.65. The molecule has 1 aliphatic heterocycles. The van der Waals surface area contributed by atoms with Crippen molar-refractivity contribution in [2.24, 2.45) is 0 Å².